The number of hydrogen-bond donors (Lipinski definition) is 0. The third-order valence-electron chi connectivity index (χ3n) is 15.8. The highest BCUT2D eigenvalue weighted by Gasteiger charge is 2.27. The average molecular weight is 1100 g/mol. The zero-order valence-corrected chi connectivity index (χ0v) is 47.7. The molecule has 0 aliphatic rings. The summed E-state index contributed by atoms with van der Waals surface area (Å²) in [7, 11) is 0. The van der Waals surface area contributed by atoms with Crippen molar-refractivity contribution in [1.82, 2.24) is 14.1 Å². The standard InChI is InChI=1S/C78H64N4O2/c1-50(2)65-44-57(54-40-38-53(39-41-54)52-24-11-8-12-25-52)45-66(51(3)4)75(65)82-69-34-19-18-33-68(69)79-77(82)58-42-59(78(5,6)7)46-60(43-58)83-61-47-67-64-30-17-22-37-73(64)84-76(67)72(48-61)80-49-81(71-36-21-20-35-70(71)80)74-62(55-26-13-9-14-27-55)31-23-32-63(74)56-28-15-10-16-29-56/h8-48,50-51H,1-7H3/i9D,10D,13D,14D,15D,16D,26D,27D,28D,29D. The quantitative estimate of drug-likeness (QED) is 0.0905. The number of hydrogen-bond acceptors (Lipinski definition) is 3. The lowest BCUT2D eigenvalue weighted by Crippen LogP contribution is -2.31. The summed E-state index contributed by atoms with van der Waals surface area (Å²) in [5.41, 5.74) is 14.1. The number of ether oxygens (including phenoxy) is 1. The van der Waals surface area contributed by atoms with Crippen LogP contribution in [0.25, 0.3) is 117 Å². The van der Waals surface area contributed by atoms with E-state index in [1.165, 1.54) is 16.7 Å². The largest absolute Gasteiger partial charge is 0.460 e. The van der Waals surface area contributed by atoms with E-state index in [0.29, 0.717) is 39.4 Å². The van der Waals surface area contributed by atoms with Crippen LogP contribution in [0.4, 0.5) is 0 Å². The van der Waals surface area contributed by atoms with Crippen molar-refractivity contribution in [3.8, 4) is 84.5 Å². The van der Waals surface area contributed by atoms with Gasteiger partial charge in [-0.05, 0) is 139 Å². The minimum Gasteiger partial charge on any atom is -0.460 e. The second kappa shape index (κ2) is 21.1. The Bertz CT molecular complexity index is 5240. The molecule has 0 aliphatic heterocycles. The fraction of sp³-hybridized carbons (Fsp3) is 0.128. The van der Waals surface area contributed by atoms with Crippen LogP contribution in [0.1, 0.15) is 90.7 Å². The van der Waals surface area contributed by atoms with Crippen molar-refractivity contribution < 1.29 is 27.4 Å². The first-order chi connectivity index (χ1) is 45.1. The minimum absolute atomic E-state index is 0.124. The van der Waals surface area contributed by atoms with Crippen LogP contribution < -0.4 is 9.30 Å². The molecule has 0 amide bonds. The normalized spacial score (nSPS) is 13.6. The predicted molar refractivity (Wildman–Crippen MR) is 346 cm³/mol. The molecule has 3 aromatic heterocycles. The summed E-state index contributed by atoms with van der Waals surface area (Å²) >= 11 is 0. The Hall–Kier alpha value is -10.0. The molecule has 0 saturated heterocycles. The van der Waals surface area contributed by atoms with E-state index in [-0.39, 0.29) is 45.2 Å². The second-order valence-electron chi connectivity index (χ2n) is 23.0. The Kier molecular flexibility index (Phi) is 10.5. The van der Waals surface area contributed by atoms with Crippen LogP contribution >= 0.6 is 0 Å². The number of aromatic nitrogens is 4. The molecule has 0 saturated carbocycles. The molecule has 0 bridgehead atoms. The first kappa shape index (κ1) is 41.9. The van der Waals surface area contributed by atoms with E-state index in [1.54, 1.807) is 27.3 Å². The van der Waals surface area contributed by atoms with Gasteiger partial charge < -0.3 is 9.15 Å². The molecule has 0 aliphatic carbocycles. The first-order valence-electron chi connectivity index (χ1n) is 33.4. The maximum Gasteiger partial charge on any atom is 0.270 e. The van der Waals surface area contributed by atoms with Gasteiger partial charge in [0.1, 0.15) is 34.2 Å². The molecule has 11 aromatic carbocycles. The molecular weight excluding hydrogens is 1020 g/mol. The summed E-state index contributed by atoms with van der Waals surface area (Å²) in [6.07, 6.45) is 3.57. The highest BCUT2D eigenvalue weighted by molar-refractivity contribution is 6.08. The number of nitrogens with zero attached hydrogens (tertiary/aromatic N) is 4. The Morgan fingerprint density at radius 1 is 0.524 bits per heavy atom. The third kappa shape index (κ3) is 9.34. The average Bonchev–Trinajstić information content (AvgIpc) is 1.43. The Morgan fingerprint density at radius 3 is 1.77 bits per heavy atom. The molecule has 0 radical (unpaired) electrons. The fourth-order valence-corrected chi connectivity index (χ4v) is 11.6. The Morgan fingerprint density at radius 2 is 1.11 bits per heavy atom. The minimum atomic E-state index is -0.583. The molecule has 6 heteroatoms. The van der Waals surface area contributed by atoms with Crippen LogP contribution in [0.15, 0.2) is 253 Å². The zero-order chi connectivity index (χ0) is 65.9. The van der Waals surface area contributed by atoms with Crippen molar-refractivity contribution in [1.29, 1.82) is 0 Å². The van der Waals surface area contributed by atoms with E-state index in [0.717, 1.165) is 61.1 Å². The number of furan rings is 1. The molecule has 0 N–H and O–H groups in total. The highest BCUT2D eigenvalue weighted by atomic mass is 16.5. The molecule has 14 rings (SSSR count). The van der Waals surface area contributed by atoms with Gasteiger partial charge >= 0.3 is 0 Å². The van der Waals surface area contributed by atoms with Crippen molar-refractivity contribution >= 4 is 44.0 Å². The monoisotopic (exact) mass is 1100 g/mol. The summed E-state index contributed by atoms with van der Waals surface area (Å²) in [6, 6.07) is 57.0. The number of para-hydroxylation sites is 6. The SMILES string of the molecule is [2H]c1c([2H])c([2H])c(-c2cccc(-c3c([2H])c([2H])c([2H])c([2H])c3[2H])c2-[n+]2[c-]n(-c3cc(Oc4cc(-c5nc6ccccc6n5-c5c(C(C)C)cc(-c6ccc(-c7ccccc7)cc6)cc5C(C)C)cc(C(C)(C)C)c4)cc4c3oc3ccccc34)c3ccccc32)c([2H])c1[2H]. The van der Waals surface area contributed by atoms with Gasteiger partial charge in [-0.15, -0.1) is 0 Å². The lowest BCUT2D eigenvalue weighted by Gasteiger charge is -2.25. The van der Waals surface area contributed by atoms with Gasteiger partial charge in [-0.1, -0.05) is 236 Å². The smallest absolute Gasteiger partial charge is 0.270 e. The molecule has 0 spiro atoms. The van der Waals surface area contributed by atoms with Crippen molar-refractivity contribution in [3.05, 3.63) is 271 Å². The van der Waals surface area contributed by atoms with E-state index >= 15 is 0 Å². The molecule has 0 unspecified atom stereocenters. The van der Waals surface area contributed by atoms with Gasteiger partial charge in [0.05, 0.1) is 47.1 Å². The van der Waals surface area contributed by atoms with Crippen LogP contribution in [-0.2, 0) is 5.41 Å². The van der Waals surface area contributed by atoms with E-state index in [4.69, 9.17) is 22.4 Å². The summed E-state index contributed by atoms with van der Waals surface area (Å²) in [4.78, 5) is 5.51. The van der Waals surface area contributed by atoms with Gasteiger partial charge in [-0.25, -0.2) is 4.98 Å². The Labute approximate surface area is 505 Å². The van der Waals surface area contributed by atoms with Gasteiger partial charge in [0.25, 0.3) is 6.33 Å². The molecule has 408 valence electrons. The highest BCUT2D eigenvalue weighted by Crippen LogP contribution is 2.44. The topological polar surface area (TPSA) is 49.0 Å². The first-order valence-corrected chi connectivity index (χ1v) is 28.4. The summed E-state index contributed by atoms with van der Waals surface area (Å²) in [5, 5.41) is 1.55. The molecule has 0 atom stereocenters. The predicted octanol–water partition coefficient (Wildman–Crippen LogP) is 20.6. The zero-order valence-electron chi connectivity index (χ0n) is 57.7. The van der Waals surface area contributed by atoms with Gasteiger partial charge in [0.15, 0.2) is 0 Å². The Balaban J connectivity index is 0.971. The van der Waals surface area contributed by atoms with Gasteiger partial charge in [0, 0.05) is 16.3 Å². The van der Waals surface area contributed by atoms with E-state index < -0.39 is 60.4 Å². The fourth-order valence-electron chi connectivity index (χ4n) is 11.6. The van der Waals surface area contributed by atoms with Crippen LogP contribution in [0.3, 0.4) is 0 Å². The molecular formula is C78H64N4O2. The number of fused-ring (bicyclic) bond motifs is 5. The lowest BCUT2D eigenvalue weighted by molar-refractivity contribution is -0.571. The summed E-state index contributed by atoms with van der Waals surface area (Å²) in [6.45, 7) is 15.6. The second-order valence-corrected chi connectivity index (χ2v) is 23.0. The summed E-state index contributed by atoms with van der Waals surface area (Å²) < 4.78 is 109. The number of imidazole rings is 2. The van der Waals surface area contributed by atoms with E-state index in [1.807, 2.05) is 72.8 Å². The maximum atomic E-state index is 9.25. The molecule has 0 fully saturated rings. The van der Waals surface area contributed by atoms with Crippen LogP contribution in [-0.4, -0.2) is 14.1 Å². The number of benzene rings is 11. The number of rotatable bonds is 12. The summed E-state index contributed by atoms with van der Waals surface area (Å²) in [5.74, 6) is 2.00. The van der Waals surface area contributed by atoms with Crippen LogP contribution in [0, 0.1) is 6.33 Å². The van der Waals surface area contributed by atoms with Gasteiger partial charge in [-0.2, -0.15) is 0 Å². The van der Waals surface area contributed by atoms with Crippen molar-refractivity contribution in [2.45, 2.75) is 65.7 Å². The molecule has 84 heavy (non-hydrogen) atoms. The van der Waals surface area contributed by atoms with Crippen molar-refractivity contribution in [3.63, 3.8) is 0 Å². The lowest BCUT2D eigenvalue weighted by atomic mass is 9.85. The van der Waals surface area contributed by atoms with Gasteiger partial charge in [-0.3, -0.25) is 13.7 Å². The third-order valence-corrected chi connectivity index (χ3v) is 15.8. The van der Waals surface area contributed by atoms with Crippen molar-refractivity contribution in [2.75, 3.05) is 0 Å². The van der Waals surface area contributed by atoms with E-state index in [9.17, 15) is 5.48 Å². The molecule has 14 aromatic rings. The maximum absolute atomic E-state index is 9.25. The van der Waals surface area contributed by atoms with Crippen LogP contribution in [0.5, 0.6) is 11.5 Å². The molecule has 3 heterocycles. The van der Waals surface area contributed by atoms with Crippen molar-refractivity contribution in [2.24, 2.45) is 0 Å². The molecule has 6 nitrogen and oxygen atoms in total. The van der Waals surface area contributed by atoms with E-state index in [2.05, 4.69) is 156 Å². The van der Waals surface area contributed by atoms with Gasteiger partial charge in [0.2, 0.25) is 0 Å². The van der Waals surface area contributed by atoms with Crippen LogP contribution in [0.2, 0.25) is 0 Å².